The lowest BCUT2D eigenvalue weighted by Gasteiger charge is -2.20. The number of hydrogen-bond donors (Lipinski definition) is 1. The van der Waals surface area contributed by atoms with E-state index in [1.54, 1.807) is 45.4 Å². The number of carbonyl (C=O) groups is 2. The quantitative estimate of drug-likeness (QED) is 0.708. The molecule has 0 saturated heterocycles. The van der Waals surface area contributed by atoms with E-state index in [1.165, 1.54) is 11.3 Å². The third kappa shape index (κ3) is 4.06. The van der Waals surface area contributed by atoms with E-state index in [1.807, 2.05) is 27.1 Å². The van der Waals surface area contributed by atoms with Crippen molar-refractivity contribution in [2.45, 2.75) is 13.8 Å². The molecule has 0 bridgehead atoms. The molecule has 3 aromatic rings. The number of para-hydroxylation sites is 1. The lowest BCUT2D eigenvalue weighted by Crippen LogP contribution is -2.31. The van der Waals surface area contributed by atoms with Gasteiger partial charge in [-0.25, -0.2) is 4.98 Å². The summed E-state index contributed by atoms with van der Waals surface area (Å²) in [7, 11) is 1.83. The maximum atomic E-state index is 12.7. The molecular weight excluding hydrogens is 362 g/mol. The molecule has 0 fully saturated rings. The van der Waals surface area contributed by atoms with E-state index in [9.17, 15) is 9.59 Å². The zero-order chi connectivity index (χ0) is 19.4. The highest BCUT2D eigenvalue weighted by atomic mass is 32.1. The number of anilines is 1. The maximum Gasteiger partial charge on any atom is 0.275 e. The van der Waals surface area contributed by atoms with E-state index in [0.717, 1.165) is 10.6 Å². The van der Waals surface area contributed by atoms with Crippen LogP contribution in [0.1, 0.15) is 34.7 Å². The number of hydrogen-bond acceptors (Lipinski definition) is 5. The number of thiazole rings is 1. The molecule has 7 nitrogen and oxygen atoms in total. The molecular formula is C19H21N5O2S. The third-order valence-electron chi connectivity index (χ3n) is 4.14. The average molecular weight is 383 g/mol. The van der Waals surface area contributed by atoms with Crippen molar-refractivity contribution in [2.75, 3.05) is 18.4 Å². The molecule has 0 unspecified atom stereocenters. The highest BCUT2D eigenvalue weighted by Crippen LogP contribution is 2.24. The lowest BCUT2D eigenvalue weighted by atomic mass is 10.1. The van der Waals surface area contributed by atoms with Gasteiger partial charge >= 0.3 is 0 Å². The maximum absolute atomic E-state index is 12.7. The molecule has 8 heteroatoms. The molecule has 3 rings (SSSR count). The molecule has 140 valence electrons. The van der Waals surface area contributed by atoms with Crippen LogP contribution in [0.3, 0.4) is 0 Å². The number of rotatable bonds is 6. The molecule has 0 radical (unpaired) electrons. The van der Waals surface area contributed by atoms with E-state index in [-0.39, 0.29) is 11.8 Å². The van der Waals surface area contributed by atoms with Gasteiger partial charge in [0.1, 0.15) is 10.7 Å². The summed E-state index contributed by atoms with van der Waals surface area (Å²) in [5, 5.41) is 9.36. The van der Waals surface area contributed by atoms with Crippen molar-refractivity contribution in [1.82, 2.24) is 19.7 Å². The second-order valence-corrected chi connectivity index (χ2v) is 6.78. The predicted octanol–water partition coefficient (Wildman–Crippen LogP) is 3.28. The number of nitrogens with zero attached hydrogens (tertiary/aromatic N) is 4. The Kier molecular flexibility index (Phi) is 5.66. The van der Waals surface area contributed by atoms with Crippen LogP contribution < -0.4 is 5.32 Å². The zero-order valence-corrected chi connectivity index (χ0v) is 16.3. The molecule has 2 heterocycles. The second kappa shape index (κ2) is 8.13. The molecule has 0 aliphatic heterocycles. The van der Waals surface area contributed by atoms with E-state index in [2.05, 4.69) is 15.4 Å². The van der Waals surface area contributed by atoms with Crippen molar-refractivity contribution in [3.63, 3.8) is 0 Å². The highest BCUT2D eigenvalue weighted by Gasteiger charge is 2.19. The molecule has 0 atom stereocenters. The fourth-order valence-electron chi connectivity index (χ4n) is 2.69. The zero-order valence-electron chi connectivity index (χ0n) is 15.5. The van der Waals surface area contributed by atoms with E-state index in [4.69, 9.17) is 0 Å². The number of carbonyl (C=O) groups excluding carboxylic acids is 2. The van der Waals surface area contributed by atoms with Crippen LogP contribution in [0.5, 0.6) is 0 Å². The Labute approximate surface area is 161 Å². The monoisotopic (exact) mass is 383 g/mol. The molecule has 2 aromatic heterocycles. The van der Waals surface area contributed by atoms with Crippen LogP contribution in [0.25, 0.3) is 10.6 Å². The van der Waals surface area contributed by atoms with Gasteiger partial charge in [0, 0.05) is 37.3 Å². The first-order valence-electron chi connectivity index (χ1n) is 8.67. The Balaban J connectivity index is 1.81. The number of aromatic nitrogens is 3. The van der Waals surface area contributed by atoms with E-state index >= 15 is 0 Å². The molecule has 0 aliphatic rings. The van der Waals surface area contributed by atoms with Gasteiger partial charge in [-0.15, -0.1) is 11.3 Å². The van der Waals surface area contributed by atoms with Crippen LogP contribution in [-0.4, -0.2) is 44.6 Å². The summed E-state index contributed by atoms with van der Waals surface area (Å²) < 4.78 is 1.69. The summed E-state index contributed by atoms with van der Waals surface area (Å²) in [6, 6.07) is 7.02. The smallest absolute Gasteiger partial charge is 0.275 e. The molecule has 1 aromatic carbocycles. The number of amides is 2. The Morgan fingerprint density at radius 3 is 2.63 bits per heavy atom. The van der Waals surface area contributed by atoms with Crippen molar-refractivity contribution in [3.05, 3.63) is 53.3 Å². The second-order valence-electron chi connectivity index (χ2n) is 5.92. The highest BCUT2D eigenvalue weighted by molar-refractivity contribution is 7.13. The molecule has 0 aliphatic carbocycles. The number of nitrogens with one attached hydrogen (secondary N) is 1. The van der Waals surface area contributed by atoms with Gasteiger partial charge in [0.2, 0.25) is 0 Å². The first kappa shape index (κ1) is 18.8. The first-order valence-corrected chi connectivity index (χ1v) is 9.55. The standard InChI is InChI=1S/C19H21N5O2S/c1-4-24(5-2)19(26)14-8-6-7-9-15(14)21-17(25)16-12-27-18(22-16)13-10-20-23(3)11-13/h6-12H,4-5H2,1-3H3,(H,21,25). The van der Waals surface area contributed by atoms with Crippen LogP contribution >= 0.6 is 11.3 Å². The van der Waals surface area contributed by atoms with Crippen molar-refractivity contribution in [2.24, 2.45) is 7.05 Å². The number of aryl methyl sites for hydroxylation is 1. The summed E-state index contributed by atoms with van der Waals surface area (Å²) in [6.07, 6.45) is 3.55. The fourth-order valence-corrected chi connectivity index (χ4v) is 3.46. The Bertz CT molecular complexity index is 958. The summed E-state index contributed by atoms with van der Waals surface area (Å²) in [6.45, 7) is 5.08. The summed E-state index contributed by atoms with van der Waals surface area (Å²) in [5.41, 5.74) is 2.12. The van der Waals surface area contributed by atoms with Gasteiger partial charge in [-0.05, 0) is 26.0 Å². The van der Waals surface area contributed by atoms with Crippen LogP contribution in [0.15, 0.2) is 42.0 Å². The van der Waals surface area contributed by atoms with Gasteiger partial charge in [0.15, 0.2) is 0 Å². The number of benzene rings is 1. The Morgan fingerprint density at radius 1 is 1.22 bits per heavy atom. The molecule has 0 saturated carbocycles. The van der Waals surface area contributed by atoms with Crippen LogP contribution in [0, 0.1) is 0 Å². The minimum absolute atomic E-state index is 0.106. The van der Waals surface area contributed by atoms with Gasteiger partial charge in [0.05, 0.1) is 17.4 Å². The first-order chi connectivity index (χ1) is 13.0. The Morgan fingerprint density at radius 2 is 1.96 bits per heavy atom. The van der Waals surface area contributed by atoms with Crippen molar-refractivity contribution in [1.29, 1.82) is 0 Å². The van der Waals surface area contributed by atoms with Crippen molar-refractivity contribution >= 4 is 28.8 Å². The van der Waals surface area contributed by atoms with Crippen molar-refractivity contribution in [3.8, 4) is 10.6 Å². The fraction of sp³-hybridized carbons (Fsp3) is 0.263. The summed E-state index contributed by atoms with van der Waals surface area (Å²) in [5.74, 6) is -0.452. The van der Waals surface area contributed by atoms with Crippen molar-refractivity contribution < 1.29 is 9.59 Å². The molecule has 0 spiro atoms. The molecule has 27 heavy (non-hydrogen) atoms. The van der Waals surface area contributed by atoms with Gasteiger partial charge in [-0.3, -0.25) is 14.3 Å². The van der Waals surface area contributed by atoms with Gasteiger partial charge in [-0.2, -0.15) is 5.10 Å². The normalized spacial score (nSPS) is 10.6. The van der Waals surface area contributed by atoms with Gasteiger partial charge in [-0.1, -0.05) is 12.1 Å². The summed E-state index contributed by atoms with van der Waals surface area (Å²) >= 11 is 1.38. The van der Waals surface area contributed by atoms with Gasteiger partial charge in [0.25, 0.3) is 11.8 Å². The lowest BCUT2D eigenvalue weighted by molar-refractivity contribution is 0.0774. The Hall–Kier alpha value is -3.00. The minimum atomic E-state index is -0.346. The molecule has 1 N–H and O–H groups in total. The minimum Gasteiger partial charge on any atom is -0.339 e. The predicted molar refractivity (Wildman–Crippen MR) is 106 cm³/mol. The summed E-state index contributed by atoms with van der Waals surface area (Å²) in [4.78, 5) is 31.4. The van der Waals surface area contributed by atoms with E-state index in [0.29, 0.717) is 30.0 Å². The topological polar surface area (TPSA) is 80.1 Å². The van der Waals surface area contributed by atoms with Crippen LogP contribution in [-0.2, 0) is 7.05 Å². The van der Waals surface area contributed by atoms with Crippen LogP contribution in [0.4, 0.5) is 5.69 Å². The average Bonchev–Trinajstić information content (AvgIpc) is 3.32. The van der Waals surface area contributed by atoms with Gasteiger partial charge < -0.3 is 10.2 Å². The van der Waals surface area contributed by atoms with E-state index < -0.39 is 0 Å². The van der Waals surface area contributed by atoms with Crippen LogP contribution in [0.2, 0.25) is 0 Å². The molecule has 2 amide bonds. The third-order valence-corrected chi connectivity index (χ3v) is 5.04. The SMILES string of the molecule is CCN(CC)C(=O)c1ccccc1NC(=O)c1csc(-c2cnn(C)c2)n1. The largest absolute Gasteiger partial charge is 0.339 e.